The molecule has 0 saturated carbocycles. The molecule has 2 heterocycles. The Hall–Kier alpha value is -3.61. The number of Topliss-reactive ketones (excluding diaryl/α,β-unsaturated/α-hetero) is 1. The van der Waals surface area contributed by atoms with Crippen molar-refractivity contribution >= 4 is 39.6 Å². The van der Waals surface area contributed by atoms with E-state index in [1.54, 1.807) is 18.2 Å². The number of fused-ring (bicyclic) bond motifs is 4. The van der Waals surface area contributed by atoms with Gasteiger partial charge in [0.15, 0.2) is 17.4 Å². The van der Waals surface area contributed by atoms with Crippen molar-refractivity contribution in [3.63, 3.8) is 0 Å². The molecule has 7 heteroatoms. The maximum absolute atomic E-state index is 14.6. The number of aliphatic carboxylic acids is 1. The second-order valence-electron chi connectivity index (χ2n) is 6.40. The summed E-state index contributed by atoms with van der Waals surface area (Å²) in [7, 11) is 0. The Balaban J connectivity index is 1.89. The van der Waals surface area contributed by atoms with Crippen LogP contribution in [0.25, 0.3) is 10.8 Å². The molecule has 3 aliphatic rings. The van der Waals surface area contributed by atoms with Crippen molar-refractivity contribution in [1.82, 2.24) is 0 Å². The van der Waals surface area contributed by atoms with Gasteiger partial charge in [-0.15, -0.1) is 0 Å². The van der Waals surface area contributed by atoms with Crippen LogP contribution in [-0.4, -0.2) is 28.6 Å². The van der Waals surface area contributed by atoms with E-state index in [1.807, 2.05) is 18.2 Å². The average Bonchev–Trinajstić information content (AvgIpc) is 2.67. The number of halogens is 2. The number of carboxylic acids is 1. The Morgan fingerprint density at radius 2 is 1.93 bits per heavy atom. The summed E-state index contributed by atoms with van der Waals surface area (Å²) in [6.07, 6.45) is 1.93. The molecule has 0 spiro atoms. The lowest BCUT2D eigenvalue weighted by Crippen LogP contribution is -2.49. The van der Waals surface area contributed by atoms with Gasteiger partial charge in [0.1, 0.15) is 17.3 Å². The van der Waals surface area contributed by atoms with Gasteiger partial charge in [0, 0.05) is 17.2 Å². The Kier molecular flexibility index (Phi) is 3.01. The molecule has 0 bridgehead atoms. The molecule has 5 nitrogen and oxygen atoms in total. The van der Waals surface area contributed by atoms with Crippen LogP contribution in [0.3, 0.4) is 0 Å². The fourth-order valence-corrected chi connectivity index (χ4v) is 3.73. The highest BCUT2D eigenvalue weighted by molar-refractivity contribution is 6.30. The van der Waals surface area contributed by atoms with E-state index in [0.717, 1.165) is 11.5 Å². The van der Waals surface area contributed by atoms with Crippen LogP contribution in [0.4, 0.5) is 20.2 Å². The van der Waals surface area contributed by atoms with Crippen LogP contribution in [0.15, 0.2) is 76.5 Å². The lowest BCUT2D eigenvalue weighted by atomic mass is 9.84. The van der Waals surface area contributed by atoms with Crippen molar-refractivity contribution in [3.8, 4) is 0 Å². The molecule has 2 aliphatic heterocycles. The monoisotopic (exact) mass is 364 g/mol. The summed E-state index contributed by atoms with van der Waals surface area (Å²) >= 11 is 0. The number of allylic oxidation sites excluding steroid dienone is 2. The lowest BCUT2D eigenvalue weighted by molar-refractivity contribution is -0.134. The van der Waals surface area contributed by atoms with Gasteiger partial charge in [-0.05, 0) is 17.5 Å². The molecule has 0 radical (unpaired) electrons. The number of nitrogens with zero attached hydrogens (tertiary/aromatic N) is 2. The van der Waals surface area contributed by atoms with Crippen molar-refractivity contribution < 1.29 is 23.5 Å². The van der Waals surface area contributed by atoms with E-state index in [-0.39, 0.29) is 11.3 Å². The Labute approximate surface area is 151 Å². The molecule has 27 heavy (non-hydrogen) atoms. The first-order valence-electron chi connectivity index (χ1n) is 8.13. The third-order valence-corrected chi connectivity index (χ3v) is 4.94. The number of benzene rings is 2. The predicted octanol–water partition coefficient (Wildman–Crippen LogP) is 3.74. The van der Waals surface area contributed by atoms with Crippen LogP contribution in [0.1, 0.15) is 0 Å². The van der Waals surface area contributed by atoms with Crippen LogP contribution >= 0.6 is 0 Å². The fraction of sp³-hybridized carbons (Fsp3) is 0.0500. The van der Waals surface area contributed by atoms with Crippen molar-refractivity contribution in [1.29, 1.82) is 0 Å². The zero-order chi connectivity index (χ0) is 18.9. The Bertz CT molecular complexity index is 1210. The molecule has 2 aromatic carbocycles. The second kappa shape index (κ2) is 5.20. The van der Waals surface area contributed by atoms with Crippen LogP contribution in [0, 0.1) is 0 Å². The first kappa shape index (κ1) is 15.6. The molecule has 5 rings (SSSR count). The first-order chi connectivity index (χ1) is 13.0. The molecular formula is C20H10F2N2O3. The van der Waals surface area contributed by atoms with Crippen LogP contribution < -0.4 is 4.90 Å². The number of hydrogen-bond donors (Lipinski definition) is 1. The Morgan fingerprint density at radius 1 is 1.15 bits per heavy atom. The maximum Gasteiger partial charge on any atom is 0.341 e. The molecule has 1 atom stereocenters. The standard InChI is InChI=1S/C20H10F2N2O3/c21-13-7-11-18-17(15(13)22)23-16-10-4-2-1-3-9(10)5-6-14(16)24(18)8-12(19(11)25)20(26)27/h1-8,18H,(H,26,27). The summed E-state index contributed by atoms with van der Waals surface area (Å²) in [5.41, 5.74) is 0.0378. The van der Waals surface area contributed by atoms with E-state index in [9.17, 15) is 23.5 Å². The summed E-state index contributed by atoms with van der Waals surface area (Å²) in [5.74, 6) is -4.65. The largest absolute Gasteiger partial charge is 0.477 e. The van der Waals surface area contributed by atoms with Gasteiger partial charge in [-0.1, -0.05) is 30.3 Å². The van der Waals surface area contributed by atoms with E-state index >= 15 is 0 Å². The van der Waals surface area contributed by atoms with Crippen molar-refractivity contribution in [2.24, 2.45) is 4.99 Å². The van der Waals surface area contributed by atoms with Gasteiger partial charge in [0.2, 0.25) is 0 Å². The molecule has 1 aliphatic carbocycles. The second-order valence-corrected chi connectivity index (χ2v) is 6.40. The molecule has 0 aromatic heterocycles. The SMILES string of the molecule is O=C(O)C1=CN2c3ccc4ccccc4c3N=C3C(F)=C(F)C=C(C1=O)C32. The smallest absolute Gasteiger partial charge is 0.341 e. The van der Waals surface area contributed by atoms with Gasteiger partial charge in [-0.2, -0.15) is 0 Å². The average molecular weight is 364 g/mol. The molecule has 2 aromatic rings. The first-order valence-corrected chi connectivity index (χ1v) is 8.13. The number of hydrogen-bond acceptors (Lipinski definition) is 4. The van der Waals surface area contributed by atoms with Gasteiger partial charge in [-0.25, -0.2) is 18.6 Å². The van der Waals surface area contributed by atoms with Gasteiger partial charge in [-0.3, -0.25) is 4.79 Å². The van der Waals surface area contributed by atoms with Crippen molar-refractivity contribution in [3.05, 3.63) is 71.5 Å². The molecule has 0 amide bonds. The van der Waals surface area contributed by atoms with E-state index in [4.69, 9.17) is 0 Å². The molecule has 0 fully saturated rings. The minimum absolute atomic E-state index is 0.147. The van der Waals surface area contributed by atoms with Gasteiger partial charge < -0.3 is 10.0 Å². The maximum atomic E-state index is 14.6. The third-order valence-electron chi connectivity index (χ3n) is 4.94. The topological polar surface area (TPSA) is 70.0 Å². The summed E-state index contributed by atoms with van der Waals surface area (Å²) in [6.45, 7) is 0. The Morgan fingerprint density at radius 3 is 2.70 bits per heavy atom. The summed E-state index contributed by atoms with van der Waals surface area (Å²) in [6, 6.07) is 9.87. The normalized spacial score (nSPS) is 20.7. The van der Waals surface area contributed by atoms with Gasteiger partial charge in [0.05, 0.1) is 11.4 Å². The number of aliphatic imine (C=N–C) groups is 1. The molecule has 0 saturated heterocycles. The minimum Gasteiger partial charge on any atom is -0.477 e. The lowest BCUT2D eigenvalue weighted by Gasteiger charge is -2.40. The highest BCUT2D eigenvalue weighted by Gasteiger charge is 2.45. The van der Waals surface area contributed by atoms with Crippen molar-refractivity contribution in [2.45, 2.75) is 6.04 Å². The summed E-state index contributed by atoms with van der Waals surface area (Å²) < 4.78 is 28.7. The molecular weight excluding hydrogens is 354 g/mol. The number of rotatable bonds is 1. The van der Waals surface area contributed by atoms with E-state index < -0.39 is 35.0 Å². The van der Waals surface area contributed by atoms with Gasteiger partial charge in [0.25, 0.3) is 0 Å². The number of carboxylic acid groups (broad SMARTS) is 1. The van der Waals surface area contributed by atoms with E-state index in [2.05, 4.69) is 4.99 Å². The number of carbonyl (C=O) groups excluding carboxylic acids is 1. The van der Waals surface area contributed by atoms with Gasteiger partial charge >= 0.3 is 5.97 Å². The minimum atomic E-state index is -1.43. The summed E-state index contributed by atoms with van der Waals surface area (Å²) in [5, 5.41) is 10.9. The predicted molar refractivity (Wildman–Crippen MR) is 95.4 cm³/mol. The number of ketones is 1. The highest BCUT2D eigenvalue weighted by atomic mass is 19.2. The van der Waals surface area contributed by atoms with E-state index in [0.29, 0.717) is 16.8 Å². The molecule has 1 unspecified atom stereocenters. The highest BCUT2D eigenvalue weighted by Crippen LogP contribution is 2.46. The zero-order valence-electron chi connectivity index (χ0n) is 13.6. The van der Waals surface area contributed by atoms with Crippen LogP contribution in [-0.2, 0) is 9.59 Å². The third kappa shape index (κ3) is 1.99. The fourth-order valence-electron chi connectivity index (χ4n) is 3.73. The number of anilines is 1. The number of carbonyl (C=O) groups is 2. The van der Waals surface area contributed by atoms with Crippen LogP contribution in [0.5, 0.6) is 0 Å². The molecule has 132 valence electrons. The summed E-state index contributed by atoms with van der Waals surface area (Å²) in [4.78, 5) is 29.8. The zero-order valence-corrected chi connectivity index (χ0v) is 13.6. The quantitative estimate of drug-likeness (QED) is 0.783. The molecule has 1 N–H and O–H groups in total. The van der Waals surface area contributed by atoms with Crippen molar-refractivity contribution in [2.75, 3.05) is 4.90 Å². The van der Waals surface area contributed by atoms with E-state index in [1.165, 1.54) is 11.1 Å². The van der Waals surface area contributed by atoms with Crippen LogP contribution in [0.2, 0.25) is 0 Å².